The number of carbonyl (C=O) groups excluding carboxylic acids is 2. The molecule has 1 aliphatic heterocycles. The minimum absolute atomic E-state index is 0.146. The number of benzene rings is 2. The normalized spacial score (nSPS) is 15.2. The molecule has 1 fully saturated rings. The minimum atomic E-state index is -3.58. The van der Waals surface area contributed by atoms with Gasteiger partial charge in [0.15, 0.2) is 6.61 Å². The molecule has 1 heterocycles. The molecular formula is C21H23BrN2O5S. The molecule has 2 aromatic carbocycles. The molecule has 0 saturated carbocycles. The third-order valence-electron chi connectivity index (χ3n) is 4.78. The third kappa shape index (κ3) is 5.68. The lowest BCUT2D eigenvalue weighted by Crippen LogP contribution is -2.31. The molecule has 0 aliphatic carbocycles. The van der Waals surface area contributed by atoms with Crippen molar-refractivity contribution in [1.82, 2.24) is 4.31 Å². The molecule has 1 aliphatic rings. The van der Waals surface area contributed by atoms with Gasteiger partial charge in [-0.15, -0.1) is 0 Å². The quantitative estimate of drug-likeness (QED) is 0.616. The predicted molar refractivity (Wildman–Crippen MR) is 117 cm³/mol. The smallest absolute Gasteiger partial charge is 0.338 e. The lowest BCUT2D eigenvalue weighted by molar-refractivity contribution is -0.119. The molecule has 3 rings (SSSR count). The van der Waals surface area contributed by atoms with E-state index in [1.165, 1.54) is 28.6 Å². The minimum Gasteiger partial charge on any atom is -0.452 e. The number of carbonyl (C=O) groups is 2. The van der Waals surface area contributed by atoms with Crippen LogP contribution in [0.5, 0.6) is 0 Å². The Morgan fingerprint density at radius 1 is 0.967 bits per heavy atom. The van der Waals surface area contributed by atoms with Crippen molar-refractivity contribution in [3.05, 3.63) is 58.6 Å². The van der Waals surface area contributed by atoms with Crippen molar-refractivity contribution in [3.63, 3.8) is 0 Å². The Hall–Kier alpha value is -2.23. The molecule has 0 atom stereocenters. The first-order valence-electron chi connectivity index (χ1n) is 9.69. The number of sulfonamides is 1. The van der Waals surface area contributed by atoms with Crippen LogP contribution in [-0.4, -0.2) is 44.3 Å². The summed E-state index contributed by atoms with van der Waals surface area (Å²) in [5.74, 6) is -1.17. The van der Waals surface area contributed by atoms with Crippen LogP contribution in [0, 0.1) is 0 Å². The molecule has 0 radical (unpaired) electrons. The van der Waals surface area contributed by atoms with Crippen molar-refractivity contribution < 1.29 is 22.7 Å². The van der Waals surface area contributed by atoms with Gasteiger partial charge < -0.3 is 10.1 Å². The summed E-state index contributed by atoms with van der Waals surface area (Å²) in [7, 11) is -3.58. The van der Waals surface area contributed by atoms with Crippen LogP contribution in [0.3, 0.4) is 0 Å². The molecule has 1 N–H and O–H groups in total. The second-order valence-corrected chi connectivity index (χ2v) is 9.74. The topological polar surface area (TPSA) is 92.8 Å². The fourth-order valence-electron chi connectivity index (χ4n) is 3.16. The number of rotatable bonds is 6. The first-order chi connectivity index (χ1) is 14.4. The van der Waals surface area contributed by atoms with E-state index in [9.17, 15) is 18.0 Å². The maximum absolute atomic E-state index is 12.8. The molecule has 7 nitrogen and oxygen atoms in total. The highest BCUT2D eigenvalue weighted by Crippen LogP contribution is 2.22. The lowest BCUT2D eigenvalue weighted by atomic mass is 10.2. The van der Waals surface area contributed by atoms with Crippen LogP contribution in [0.4, 0.5) is 5.69 Å². The number of amides is 1. The molecule has 0 unspecified atom stereocenters. The van der Waals surface area contributed by atoms with Crippen LogP contribution in [0.1, 0.15) is 36.0 Å². The Balaban J connectivity index is 1.58. The van der Waals surface area contributed by atoms with Gasteiger partial charge in [0.2, 0.25) is 10.0 Å². The van der Waals surface area contributed by atoms with Gasteiger partial charge in [-0.1, -0.05) is 25.0 Å². The highest BCUT2D eigenvalue weighted by Gasteiger charge is 2.25. The van der Waals surface area contributed by atoms with Crippen LogP contribution < -0.4 is 5.32 Å². The predicted octanol–water partition coefficient (Wildman–Crippen LogP) is 3.81. The van der Waals surface area contributed by atoms with E-state index in [0.717, 1.165) is 25.7 Å². The van der Waals surface area contributed by atoms with E-state index in [1.807, 2.05) is 6.07 Å². The summed E-state index contributed by atoms with van der Waals surface area (Å²) in [5, 5.41) is 2.64. The number of para-hydroxylation sites is 1. The number of ether oxygens (including phenoxy) is 1. The Morgan fingerprint density at radius 3 is 2.23 bits per heavy atom. The van der Waals surface area contributed by atoms with Crippen LogP contribution >= 0.6 is 15.9 Å². The van der Waals surface area contributed by atoms with Gasteiger partial charge in [0.05, 0.1) is 16.1 Å². The number of nitrogens with one attached hydrogen (secondary N) is 1. The molecule has 160 valence electrons. The van der Waals surface area contributed by atoms with Crippen molar-refractivity contribution in [2.45, 2.75) is 30.6 Å². The van der Waals surface area contributed by atoms with E-state index in [1.54, 1.807) is 18.2 Å². The van der Waals surface area contributed by atoms with E-state index in [0.29, 0.717) is 23.2 Å². The van der Waals surface area contributed by atoms with E-state index >= 15 is 0 Å². The van der Waals surface area contributed by atoms with E-state index in [4.69, 9.17) is 4.74 Å². The lowest BCUT2D eigenvalue weighted by Gasteiger charge is -2.20. The number of anilines is 1. The zero-order valence-corrected chi connectivity index (χ0v) is 18.7. The Bertz CT molecular complexity index is 1000. The Morgan fingerprint density at radius 2 is 1.60 bits per heavy atom. The van der Waals surface area contributed by atoms with Crippen LogP contribution in [0.25, 0.3) is 0 Å². The first kappa shape index (κ1) is 22.5. The number of nitrogens with zero attached hydrogens (tertiary/aromatic N) is 1. The molecule has 2 aromatic rings. The van der Waals surface area contributed by atoms with Crippen LogP contribution in [0.2, 0.25) is 0 Å². The Labute approximate surface area is 184 Å². The van der Waals surface area contributed by atoms with Gasteiger partial charge in [-0.05, 0) is 65.2 Å². The van der Waals surface area contributed by atoms with Crippen molar-refractivity contribution >= 4 is 43.5 Å². The number of hydrogen-bond acceptors (Lipinski definition) is 5. The van der Waals surface area contributed by atoms with Gasteiger partial charge in [0.1, 0.15) is 0 Å². The second kappa shape index (κ2) is 10.2. The van der Waals surface area contributed by atoms with Gasteiger partial charge in [0, 0.05) is 17.6 Å². The summed E-state index contributed by atoms with van der Waals surface area (Å²) in [6.45, 7) is 0.575. The van der Waals surface area contributed by atoms with Crippen molar-refractivity contribution in [1.29, 1.82) is 0 Å². The molecule has 0 aromatic heterocycles. The fourth-order valence-corrected chi connectivity index (χ4v) is 5.06. The molecule has 1 saturated heterocycles. The van der Waals surface area contributed by atoms with Gasteiger partial charge in [-0.2, -0.15) is 4.31 Å². The molecule has 0 spiro atoms. The van der Waals surface area contributed by atoms with Gasteiger partial charge in [-0.25, -0.2) is 13.2 Å². The average molecular weight is 495 g/mol. The molecule has 1 amide bonds. The van der Waals surface area contributed by atoms with Crippen LogP contribution in [0.15, 0.2) is 57.9 Å². The molecule has 0 bridgehead atoms. The monoisotopic (exact) mass is 494 g/mol. The van der Waals surface area contributed by atoms with Crippen molar-refractivity contribution in [2.75, 3.05) is 25.0 Å². The highest BCUT2D eigenvalue weighted by molar-refractivity contribution is 9.10. The summed E-state index contributed by atoms with van der Waals surface area (Å²) in [5.41, 5.74) is 0.750. The van der Waals surface area contributed by atoms with E-state index < -0.39 is 28.5 Å². The SMILES string of the molecule is O=C(COC(=O)c1ccc(S(=O)(=O)N2CCCCCC2)cc1)Nc1ccccc1Br. The summed E-state index contributed by atoms with van der Waals surface area (Å²) < 4.78 is 32.8. The standard InChI is InChI=1S/C21H23BrN2O5S/c22-18-7-3-4-8-19(18)23-20(25)15-29-21(26)16-9-11-17(12-10-16)30(27,28)24-13-5-1-2-6-14-24/h3-4,7-12H,1-2,5-6,13-15H2,(H,23,25). The second-order valence-electron chi connectivity index (χ2n) is 6.95. The number of esters is 1. The Kier molecular flexibility index (Phi) is 7.63. The zero-order valence-electron chi connectivity index (χ0n) is 16.3. The molecule has 9 heteroatoms. The summed E-state index contributed by atoms with van der Waals surface area (Å²) in [6.07, 6.45) is 3.77. The maximum atomic E-state index is 12.8. The summed E-state index contributed by atoms with van der Waals surface area (Å²) >= 11 is 3.32. The zero-order chi connectivity index (χ0) is 21.6. The number of halogens is 1. The van der Waals surface area contributed by atoms with Crippen molar-refractivity contribution in [3.8, 4) is 0 Å². The maximum Gasteiger partial charge on any atom is 0.338 e. The largest absolute Gasteiger partial charge is 0.452 e. The molecule has 30 heavy (non-hydrogen) atoms. The first-order valence-corrected chi connectivity index (χ1v) is 11.9. The number of hydrogen-bond donors (Lipinski definition) is 1. The van der Waals surface area contributed by atoms with Gasteiger partial charge >= 0.3 is 5.97 Å². The third-order valence-corrected chi connectivity index (χ3v) is 7.38. The molecular weight excluding hydrogens is 472 g/mol. The van der Waals surface area contributed by atoms with Crippen molar-refractivity contribution in [2.24, 2.45) is 0 Å². The summed E-state index contributed by atoms with van der Waals surface area (Å²) in [6, 6.07) is 12.7. The average Bonchev–Trinajstić information content (AvgIpc) is 3.04. The van der Waals surface area contributed by atoms with Crippen LogP contribution in [-0.2, 0) is 19.6 Å². The van der Waals surface area contributed by atoms with E-state index in [-0.39, 0.29) is 10.5 Å². The highest BCUT2D eigenvalue weighted by atomic mass is 79.9. The summed E-state index contributed by atoms with van der Waals surface area (Å²) in [4.78, 5) is 24.3. The van der Waals surface area contributed by atoms with Gasteiger partial charge in [0.25, 0.3) is 5.91 Å². The van der Waals surface area contributed by atoms with E-state index in [2.05, 4.69) is 21.2 Å². The fraction of sp³-hybridized carbons (Fsp3) is 0.333. The van der Waals surface area contributed by atoms with Gasteiger partial charge in [-0.3, -0.25) is 4.79 Å².